The molecule has 0 radical (unpaired) electrons. The van der Waals surface area contributed by atoms with Crippen molar-refractivity contribution in [2.45, 2.75) is 32.4 Å². The number of aryl methyl sites for hydroxylation is 2. The predicted molar refractivity (Wildman–Crippen MR) is 92.5 cm³/mol. The zero-order valence-electron chi connectivity index (χ0n) is 16.4. The number of nitrogens with zero attached hydrogens (tertiary/aromatic N) is 3. The lowest BCUT2D eigenvalue weighted by Gasteiger charge is -2.17. The predicted octanol–water partition coefficient (Wildman–Crippen LogP) is 5.79. The molecule has 0 saturated carbocycles. The summed E-state index contributed by atoms with van der Waals surface area (Å²) < 4.78 is 124. The monoisotopic (exact) mass is 486 g/mol. The van der Waals surface area contributed by atoms with Crippen LogP contribution in [0.1, 0.15) is 38.8 Å². The van der Waals surface area contributed by atoms with Crippen LogP contribution in [-0.2, 0) is 18.5 Å². The van der Waals surface area contributed by atoms with Gasteiger partial charge in [0, 0.05) is 11.8 Å². The number of alkyl halides is 9. The maximum Gasteiger partial charge on any atom is 0.435 e. The third-order valence-corrected chi connectivity index (χ3v) is 4.34. The molecule has 0 aliphatic rings. The van der Waals surface area contributed by atoms with E-state index >= 15 is 0 Å². The Morgan fingerprint density at radius 2 is 1.58 bits per heavy atom. The van der Waals surface area contributed by atoms with Crippen LogP contribution >= 0.6 is 0 Å². The van der Waals surface area contributed by atoms with Gasteiger partial charge in [0.2, 0.25) is 0 Å². The number of rotatable bonds is 3. The average molecular weight is 486 g/mol. The zero-order valence-corrected chi connectivity index (χ0v) is 16.4. The lowest BCUT2D eigenvalue weighted by Crippen LogP contribution is -2.19. The van der Waals surface area contributed by atoms with Crippen LogP contribution in [0.2, 0.25) is 0 Å². The van der Waals surface area contributed by atoms with Gasteiger partial charge in [-0.2, -0.15) is 44.6 Å². The number of hydrogen-bond acceptors (Lipinski definition) is 4. The van der Waals surface area contributed by atoms with E-state index in [1.165, 1.54) is 13.8 Å². The molecule has 178 valence electrons. The second-order valence-corrected chi connectivity index (χ2v) is 6.71. The van der Waals surface area contributed by atoms with E-state index in [2.05, 4.69) is 15.6 Å². The first-order valence-corrected chi connectivity index (χ1v) is 8.70. The third-order valence-electron chi connectivity index (χ3n) is 4.34. The van der Waals surface area contributed by atoms with E-state index in [1.54, 1.807) is 0 Å². The Morgan fingerprint density at radius 3 is 2.06 bits per heavy atom. The quantitative estimate of drug-likeness (QED) is 0.476. The molecule has 0 atom stereocenters. The van der Waals surface area contributed by atoms with E-state index in [-0.39, 0.29) is 23.1 Å². The first kappa shape index (κ1) is 24.1. The minimum atomic E-state index is -5.45. The highest BCUT2D eigenvalue weighted by molar-refractivity contribution is 6.05. The fraction of sp³-hybridized carbons (Fsp3) is 0.278. The highest BCUT2D eigenvalue weighted by atomic mass is 19.4. The van der Waals surface area contributed by atoms with E-state index in [0.29, 0.717) is 6.07 Å². The van der Waals surface area contributed by atoms with Crippen LogP contribution in [0.15, 0.2) is 28.8 Å². The summed E-state index contributed by atoms with van der Waals surface area (Å²) in [5.41, 5.74) is -7.61. The normalized spacial score (nSPS) is 12.8. The van der Waals surface area contributed by atoms with Crippen molar-refractivity contribution in [3.05, 3.63) is 58.2 Å². The number of benzene rings is 1. The Hall–Kier alpha value is -3.52. The summed E-state index contributed by atoms with van der Waals surface area (Å²) >= 11 is 0. The van der Waals surface area contributed by atoms with Crippen LogP contribution in [0.4, 0.5) is 45.2 Å². The van der Waals surface area contributed by atoms with Crippen molar-refractivity contribution in [1.82, 2.24) is 14.9 Å². The minimum Gasteiger partial charge on any atom is -0.361 e. The molecule has 1 amide bonds. The molecule has 2 aromatic heterocycles. The molecule has 3 aromatic rings. The lowest BCUT2D eigenvalue weighted by atomic mass is 10.1. The molecule has 2 heterocycles. The number of hydrogen-bond donors (Lipinski definition) is 1. The SMILES string of the molecule is Cc1noc(C)c1C(=O)Nc1ccc(-n2nc(C(F)(F)F)cc2C(F)(F)F)c(C(F)(F)F)c1. The van der Waals surface area contributed by atoms with Gasteiger partial charge < -0.3 is 9.84 Å². The molecule has 6 nitrogen and oxygen atoms in total. The van der Waals surface area contributed by atoms with E-state index in [9.17, 15) is 44.3 Å². The van der Waals surface area contributed by atoms with Crippen LogP contribution in [0.5, 0.6) is 0 Å². The lowest BCUT2D eigenvalue weighted by molar-refractivity contribution is -0.145. The Labute approximate surface area is 178 Å². The van der Waals surface area contributed by atoms with Crippen molar-refractivity contribution < 1.29 is 48.8 Å². The van der Waals surface area contributed by atoms with Crippen LogP contribution in [0.3, 0.4) is 0 Å². The standard InChI is InChI=1S/C18H11F9N4O2/c1-7-14(8(2)33-30-7)15(32)28-9-3-4-11(10(5-9)16(19,20)21)31-13(18(25,26)27)6-12(29-31)17(22,23)24/h3-6H,1-2H3,(H,28,32). The molecule has 15 heteroatoms. The van der Waals surface area contributed by atoms with Crippen LogP contribution in [-0.4, -0.2) is 20.8 Å². The Bertz CT molecular complexity index is 1180. The van der Waals surface area contributed by atoms with Crippen LogP contribution in [0, 0.1) is 13.8 Å². The summed E-state index contributed by atoms with van der Waals surface area (Å²) in [6, 6.07) is 1.14. The molecule has 0 bridgehead atoms. The Balaban J connectivity index is 2.13. The summed E-state index contributed by atoms with van der Waals surface area (Å²) in [4.78, 5) is 12.3. The fourth-order valence-electron chi connectivity index (χ4n) is 2.93. The van der Waals surface area contributed by atoms with Gasteiger partial charge in [0.05, 0.1) is 16.9 Å². The van der Waals surface area contributed by atoms with Gasteiger partial charge in [-0.15, -0.1) is 0 Å². The van der Waals surface area contributed by atoms with Gasteiger partial charge in [0.1, 0.15) is 17.0 Å². The van der Waals surface area contributed by atoms with Gasteiger partial charge in [0.15, 0.2) is 5.69 Å². The number of halogens is 9. The molecule has 33 heavy (non-hydrogen) atoms. The Morgan fingerprint density at radius 1 is 0.939 bits per heavy atom. The summed E-state index contributed by atoms with van der Waals surface area (Å²) in [5, 5.41) is 8.35. The van der Waals surface area contributed by atoms with Gasteiger partial charge in [0.25, 0.3) is 5.91 Å². The molecule has 0 spiro atoms. The largest absolute Gasteiger partial charge is 0.435 e. The number of carbonyl (C=O) groups excluding carboxylic acids is 1. The first-order valence-electron chi connectivity index (χ1n) is 8.70. The van der Waals surface area contributed by atoms with E-state index in [4.69, 9.17) is 4.52 Å². The topological polar surface area (TPSA) is 73.0 Å². The molecular weight excluding hydrogens is 475 g/mol. The van der Waals surface area contributed by atoms with Gasteiger partial charge >= 0.3 is 18.5 Å². The number of aromatic nitrogens is 3. The van der Waals surface area contributed by atoms with Gasteiger partial charge in [-0.05, 0) is 32.0 Å². The Kier molecular flexibility index (Phi) is 5.71. The molecule has 1 N–H and O–H groups in total. The van der Waals surface area contributed by atoms with Crippen molar-refractivity contribution in [2.24, 2.45) is 0 Å². The number of amides is 1. The molecule has 1 aromatic carbocycles. The smallest absolute Gasteiger partial charge is 0.361 e. The van der Waals surface area contributed by atoms with Gasteiger partial charge in [-0.3, -0.25) is 4.79 Å². The second kappa shape index (κ2) is 7.81. The van der Waals surface area contributed by atoms with Crippen molar-refractivity contribution in [2.75, 3.05) is 5.32 Å². The van der Waals surface area contributed by atoms with E-state index in [0.717, 1.165) is 6.07 Å². The molecule has 0 saturated heterocycles. The molecular formula is C18H11F9N4O2. The van der Waals surface area contributed by atoms with E-state index in [1.807, 2.05) is 0 Å². The van der Waals surface area contributed by atoms with Gasteiger partial charge in [-0.25, -0.2) is 4.68 Å². The summed E-state index contributed by atoms with van der Waals surface area (Å²) in [6.45, 7) is 2.76. The average Bonchev–Trinajstić information content (AvgIpc) is 3.24. The van der Waals surface area contributed by atoms with Crippen LogP contribution < -0.4 is 5.32 Å². The van der Waals surface area contributed by atoms with Crippen molar-refractivity contribution in [1.29, 1.82) is 0 Å². The molecule has 3 rings (SSSR count). The fourth-order valence-corrected chi connectivity index (χ4v) is 2.93. The molecule has 0 aliphatic carbocycles. The highest BCUT2D eigenvalue weighted by Gasteiger charge is 2.44. The minimum absolute atomic E-state index is 0.0590. The number of carbonyl (C=O) groups is 1. The number of nitrogens with one attached hydrogen (secondary N) is 1. The summed E-state index contributed by atoms with van der Waals surface area (Å²) in [7, 11) is 0. The van der Waals surface area contributed by atoms with Crippen molar-refractivity contribution >= 4 is 11.6 Å². The molecule has 0 unspecified atom stereocenters. The van der Waals surface area contributed by atoms with Crippen molar-refractivity contribution in [3.8, 4) is 5.69 Å². The zero-order chi connectivity index (χ0) is 24.9. The van der Waals surface area contributed by atoms with Crippen LogP contribution in [0.25, 0.3) is 5.69 Å². The van der Waals surface area contributed by atoms with Gasteiger partial charge in [-0.1, -0.05) is 5.16 Å². The maximum absolute atomic E-state index is 13.6. The molecule has 0 fully saturated rings. The third kappa shape index (κ3) is 4.80. The van der Waals surface area contributed by atoms with Crippen molar-refractivity contribution in [3.63, 3.8) is 0 Å². The maximum atomic E-state index is 13.6. The number of anilines is 1. The van der Waals surface area contributed by atoms with E-state index < -0.39 is 63.5 Å². The summed E-state index contributed by atoms with van der Waals surface area (Å²) in [5.74, 6) is -0.856. The highest BCUT2D eigenvalue weighted by Crippen LogP contribution is 2.40. The second-order valence-electron chi connectivity index (χ2n) is 6.71. The molecule has 0 aliphatic heterocycles. The summed E-state index contributed by atoms with van der Waals surface area (Å²) in [6.07, 6.45) is -16.1. The first-order chi connectivity index (χ1) is 15.0.